The van der Waals surface area contributed by atoms with Crippen LogP contribution in [-0.2, 0) is 0 Å². The van der Waals surface area contributed by atoms with E-state index in [2.05, 4.69) is 10.3 Å². The lowest BCUT2D eigenvalue weighted by Gasteiger charge is -2.08. The van der Waals surface area contributed by atoms with Crippen molar-refractivity contribution in [3.05, 3.63) is 42.2 Å². The molecule has 0 saturated carbocycles. The molecule has 0 amide bonds. The second-order valence-electron chi connectivity index (χ2n) is 5.23. The molecule has 3 nitrogen and oxygen atoms in total. The second kappa shape index (κ2) is 5.49. The number of carbonyl (C=O) groups excluding carboxylic acids is 1. The average molecular weight is 254 g/mol. The molecule has 2 heterocycles. The first-order chi connectivity index (χ1) is 9.34. The molecule has 1 unspecified atom stereocenters. The van der Waals surface area contributed by atoms with Gasteiger partial charge in [-0.15, -0.1) is 0 Å². The Hall–Kier alpha value is -1.74. The van der Waals surface area contributed by atoms with Crippen LogP contribution in [-0.4, -0.2) is 23.9 Å². The summed E-state index contributed by atoms with van der Waals surface area (Å²) in [6.07, 6.45) is 6.32. The molecule has 1 aliphatic heterocycles. The number of benzene rings is 1. The predicted octanol–water partition coefficient (Wildman–Crippen LogP) is 2.81. The number of hydrogen-bond acceptors (Lipinski definition) is 3. The van der Waals surface area contributed by atoms with Gasteiger partial charge in [0.25, 0.3) is 0 Å². The van der Waals surface area contributed by atoms with Crippen LogP contribution < -0.4 is 5.32 Å². The van der Waals surface area contributed by atoms with Crippen molar-refractivity contribution >= 4 is 16.6 Å². The van der Waals surface area contributed by atoms with E-state index in [1.54, 1.807) is 6.20 Å². The maximum Gasteiger partial charge on any atom is 0.165 e. The Labute approximate surface area is 113 Å². The number of hydrogen-bond donors (Lipinski definition) is 1. The highest BCUT2D eigenvalue weighted by atomic mass is 16.1. The van der Waals surface area contributed by atoms with Gasteiger partial charge in [0.05, 0.1) is 0 Å². The molecule has 98 valence electrons. The monoisotopic (exact) mass is 254 g/mol. The van der Waals surface area contributed by atoms with Crippen molar-refractivity contribution in [3.63, 3.8) is 0 Å². The summed E-state index contributed by atoms with van der Waals surface area (Å²) < 4.78 is 0. The van der Waals surface area contributed by atoms with Crippen molar-refractivity contribution in [2.75, 3.05) is 13.1 Å². The van der Waals surface area contributed by atoms with Crippen LogP contribution in [0.25, 0.3) is 10.8 Å². The summed E-state index contributed by atoms with van der Waals surface area (Å²) in [7, 11) is 0. The van der Waals surface area contributed by atoms with Gasteiger partial charge in [0.1, 0.15) is 0 Å². The van der Waals surface area contributed by atoms with Crippen molar-refractivity contribution in [2.45, 2.75) is 19.3 Å². The van der Waals surface area contributed by atoms with Gasteiger partial charge in [-0.2, -0.15) is 0 Å². The van der Waals surface area contributed by atoms with Gasteiger partial charge >= 0.3 is 0 Å². The van der Waals surface area contributed by atoms with Crippen LogP contribution in [0.15, 0.2) is 36.7 Å². The zero-order chi connectivity index (χ0) is 13.1. The number of nitrogens with one attached hydrogen (secondary N) is 1. The fourth-order valence-electron chi connectivity index (χ4n) is 2.77. The molecular formula is C16H18N2O. The molecule has 19 heavy (non-hydrogen) atoms. The Bertz CT molecular complexity index is 583. The number of pyridine rings is 1. The molecule has 1 fully saturated rings. The third-order valence-corrected chi connectivity index (χ3v) is 3.91. The van der Waals surface area contributed by atoms with E-state index in [0.717, 1.165) is 35.8 Å². The fraction of sp³-hybridized carbons (Fsp3) is 0.375. The lowest BCUT2D eigenvalue weighted by atomic mass is 9.96. The average Bonchev–Trinajstić information content (AvgIpc) is 2.97. The number of rotatable bonds is 4. The predicted molar refractivity (Wildman–Crippen MR) is 76.3 cm³/mol. The summed E-state index contributed by atoms with van der Waals surface area (Å²) in [5.41, 5.74) is 0.768. The Morgan fingerprint density at radius 3 is 3.05 bits per heavy atom. The van der Waals surface area contributed by atoms with Crippen LogP contribution in [0, 0.1) is 5.92 Å². The SMILES string of the molecule is O=C(CCC1CCNC1)c1cncc2ccccc12. The lowest BCUT2D eigenvalue weighted by Crippen LogP contribution is -2.10. The van der Waals surface area contributed by atoms with E-state index in [1.807, 2.05) is 30.5 Å². The fourth-order valence-corrected chi connectivity index (χ4v) is 2.77. The quantitative estimate of drug-likeness (QED) is 0.853. The van der Waals surface area contributed by atoms with Crippen LogP contribution in [0.4, 0.5) is 0 Å². The first-order valence-corrected chi connectivity index (χ1v) is 6.91. The van der Waals surface area contributed by atoms with Gasteiger partial charge in [-0.25, -0.2) is 0 Å². The van der Waals surface area contributed by atoms with Gasteiger partial charge in [-0.05, 0) is 37.2 Å². The van der Waals surface area contributed by atoms with Crippen molar-refractivity contribution in [1.82, 2.24) is 10.3 Å². The third kappa shape index (κ3) is 2.66. The number of carbonyl (C=O) groups is 1. The summed E-state index contributed by atoms with van der Waals surface area (Å²) >= 11 is 0. The molecular weight excluding hydrogens is 236 g/mol. The Kier molecular flexibility index (Phi) is 3.56. The highest BCUT2D eigenvalue weighted by Crippen LogP contribution is 2.21. The minimum absolute atomic E-state index is 0.219. The number of ketones is 1. The standard InChI is InChI=1S/C16H18N2O/c19-16(6-5-12-7-8-17-9-12)15-11-18-10-13-3-1-2-4-14(13)15/h1-4,10-12,17H,5-9H2. The topological polar surface area (TPSA) is 42.0 Å². The Morgan fingerprint density at radius 2 is 2.21 bits per heavy atom. The summed E-state index contributed by atoms with van der Waals surface area (Å²) in [5, 5.41) is 5.40. The first-order valence-electron chi connectivity index (χ1n) is 6.91. The molecule has 3 heteroatoms. The zero-order valence-corrected chi connectivity index (χ0v) is 10.9. The van der Waals surface area contributed by atoms with Crippen molar-refractivity contribution < 1.29 is 4.79 Å². The van der Waals surface area contributed by atoms with Gasteiger partial charge in [0, 0.05) is 29.8 Å². The van der Waals surface area contributed by atoms with E-state index in [4.69, 9.17) is 0 Å². The largest absolute Gasteiger partial charge is 0.316 e. The van der Waals surface area contributed by atoms with Crippen LogP contribution in [0.2, 0.25) is 0 Å². The van der Waals surface area contributed by atoms with E-state index >= 15 is 0 Å². The molecule has 0 aliphatic carbocycles. The van der Waals surface area contributed by atoms with Gasteiger partial charge in [0.2, 0.25) is 0 Å². The lowest BCUT2D eigenvalue weighted by molar-refractivity contribution is 0.0976. The maximum atomic E-state index is 12.4. The normalized spacial score (nSPS) is 18.8. The van der Waals surface area contributed by atoms with E-state index in [-0.39, 0.29) is 5.78 Å². The van der Waals surface area contributed by atoms with Crippen molar-refractivity contribution in [3.8, 4) is 0 Å². The van der Waals surface area contributed by atoms with E-state index in [9.17, 15) is 4.79 Å². The summed E-state index contributed by atoms with van der Waals surface area (Å²) in [6.45, 7) is 2.15. The maximum absolute atomic E-state index is 12.4. The Balaban J connectivity index is 1.77. The molecule has 2 aromatic rings. The van der Waals surface area contributed by atoms with E-state index in [1.165, 1.54) is 6.42 Å². The number of fused-ring (bicyclic) bond motifs is 1. The summed E-state index contributed by atoms with van der Waals surface area (Å²) in [4.78, 5) is 16.5. The van der Waals surface area contributed by atoms with Crippen molar-refractivity contribution in [2.24, 2.45) is 5.92 Å². The second-order valence-corrected chi connectivity index (χ2v) is 5.23. The molecule has 1 aliphatic rings. The van der Waals surface area contributed by atoms with Crippen LogP contribution >= 0.6 is 0 Å². The minimum Gasteiger partial charge on any atom is -0.316 e. The van der Waals surface area contributed by atoms with Crippen molar-refractivity contribution in [1.29, 1.82) is 0 Å². The molecule has 0 spiro atoms. The third-order valence-electron chi connectivity index (χ3n) is 3.91. The molecule has 0 bridgehead atoms. The van der Waals surface area contributed by atoms with E-state index < -0.39 is 0 Å². The summed E-state index contributed by atoms with van der Waals surface area (Å²) in [6, 6.07) is 7.95. The highest BCUT2D eigenvalue weighted by Gasteiger charge is 2.17. The van der Waals surface area contributed by atoms with Gasteiger partial charge < -0.3 is 5.32 Å². The molecule has 1 saturated heterocycles. The Morgan fingerprint density at radius 1 is 1.32 bits per heavy atom. The molecule has 1 aromatic heterocycles. The number of aromatic nitrogens is 1. The highest BCUT2D eigenvalue weighted by molar-refractivity contribution is 6.07. The van der Waals surface area contributed by atoms with Crippen LogP contribution in [0.1, 0.15) is 29.6 Å². The minimum atomic E-state index is 0.219. The molecule has 3 rings (SSSR count). The van der Waals surface area contributed by atoms with Gasteiger partial charge in [0.15, 0.2) is 5.78 Å². The first kappa shape index (κ1) is 12.3. The summed E-state index contributed by atoms with van der Waals surface area (Å²) in [5.74, 6) is 0.878. The molecule has 1 N–H and O–H groups in total. The molecule has 0 radical (unpaired) electrons. The smallest absolute Gasteiger partial charge is 0.165 e. The van der Waals surface area contributed by atoms with E-state index in [0.29, 0.717) is 12.3 Å². The van der Waals surface area contributed by atoms with Gasteiger partial charge in [-0.3, -0.25) is 9.78 Å². The molecule has 1 atom stereocenters. The number of nitrogens with zero attached hydrogens (tertiary/aromatic N) is 1. The van der Waals surface area contributed by atoms with Crippen LogP contribution in [0.3, 0.4) is 0 Å². The van der Waals surface area contributed by atoms with Gasteiger partial charge in [-0.1, -0.05) is 24.3 Å². The number of Topliss-reactive ketones (excluding diaryl/α,β-unsaturated/α-hetero) is 1. The van der Waals surface area contributed by atoms with Crippen LogP contribution in [0.5, 0.6) is 0 Å². The molecule has 1 aromatic carbocycles. The zero-order valence-electron chi connectivity index (χ0n) is 10.9.